The van der Waals surface area contributed by atoms with Crippen molar-refractivity contribution in [2.45, 2.75) is 17.7 Å². The van der Waals surface area contributed by atoms with Gasteiger partial charge in [-0.05, 0) is 18.2 Å². The Balaban J connectivity index is 3.43. The van der Waals surface area contributed by atoms with Crippen molar-refractivity contribution in [3.05, 3.63) is 28.2 Å². The molecule has 0 N–H and O–H groups in total. The monoisotopic (exact) mass is 318 g/mol. The summed E-state index contributed by atoms with van der Waals surface area (Å²) in [5.74, 6) is -3.11. The average Bonchev–Trinajstić information content (AvgIpc) is 1.99. The first-order valence-corrected chi connectivity index (χ1v) is 6.84. The van der Waals surface area contributed by atoms with E-state index >= 15 is 0 Å². The number of benzene rings is 1. The van der Waals surface area contributed by atoms with Crippen LogP contribution in [0.25, 0.3) is 0 Å². The fraction of sp³-hybridized carbons (Fsp3) is 0.250. The van der Waals surface area contributed by atoms with Gasteiger partial charge in [-0.25, -0.2) is 17.2 Å². The summed E-state index contributed by atoms with van der Waals surface area (Å²) in [7, 11) is 1.06. The number of halogens is 4. The second-order valence-corrected chi connectivity index (χ2v) is 6.48. The second kappa shape index (κ2) is 3.99. The Morgan fingerprint density at radius 3 is 2.27 bits per heavy atom. The third-order valence-electron chi connectivity index (χ3n) is 1.66. The Morgan fingerprint density at radius 2 is 1.87 bits per heavy atom. The molecule has 1 rings (SSSR count). The Kier molecular flexibility index (Phi) is 3.42. The highest BCUT2D eigenvalue weighted by Gasteiger charge is 2.26. The van der Waals surface area contributed by atoms with Gasteiger partial charge in [-0.3, -0.25) is 0 Å². The third kappa shape index (κ3) is 3.39. The zero-order valence-corrected chi connectivity index (χ0v) is 10.6. The van der Waals surface area contributed by atoms with Gasteiger partial charge >= 0.3 is 0 Å². The molecule has 0 radical (unpaired) electrons. The minimum Gasteiger partial charge on any atom is -0.207 e. The summed E-state index contributed by atoms with van der Waals surface area (Å²) in [6, 6.07) is 3.16. The number of alkyl halides is 2. The molecule has 0 fully saturated rings. The Labute approximate surface area is 98.8 Å². The third-order valence-corrected chi connectivity index (χ3v) is 3.45. The average molecular weight is 320 g/mol. The zero-order chi connectivity index (χ0) is 11.9. The second-order valence-electron chi connectivity index (χ2n) is 3.00. The Bertz CT molecular complexity index is 482. The minimum atomic E-state index is -4.00. The van der Waals surface area contributed by atoms with Crippen LogP contribution in [-0.2, 0) is 15.0 Å². The first-order chi connectivity index (χ1) is 6.60. The van der Waals surface area contributed by atoms with Crippen LogP contribution in [0.2, 0.25) is 0 Å². The minimum absolute atomic E-state index is 0.237. The van der Waals surface area contributed by atoms with Crippen molar-refractivity contribution in [3.8, 4) is 0 Å². The number of hydrogen-bond acceptors (Lipinski definition) is 2. The van der Waals surface area contributed by atoms with E-state index in [9.17, 15) is 17.2 Å². The lowest BCUT2D eigenvalue weighted by Gasteiger charge is -2.11. The van der Waals surface area contributed by atoms with Gasteiger partial charge in [-0.15, -0.1) is 0 Å². The van der Waals surface area contributed by atoms with E-state index in [4.69, 9.17) is 10.7 Å². The molecule has 0 saturated carbocycles. The molecule has 0 heterocycles. The van der Waals surface area contributed by atoms with Crippen molar-refractivity contribution in [2.24, 2.45) is 0 Å². The van der Waals surface area contributed by atoms with E-state index in [1.54, 1.807) is 0 Å². The van der Waals surface area contributed by atoms with Crippen molar-refractivity contribution in [2.75, 3.05) is 0 Å². The molecule has 0 aliphatic rings. The fourth-order valence-electron chi connectivity index (χ4n) is 0.957. The molecule has 1 aromatic rings. The highest BCUT2D eigenvalue weighted by molar-refractivity contribution is 9.10. The van der Waals surface area contributed by atoms with Gasteiger partial charge in [0.1, 0.15) is 0 Å². The van der Waals surface area contributed by atoms with Crippen LogP contribution in [0.3, 0.4) is 0 Å². The zero-order valence-electron chi connectivity index (χ0n) is 7.47. The molecule has 0 bridgehead atoms. The predicted octanol–water partition coefficient (Wildman–Crippen LogP) is 3.49. The van der Waals surface area contributed by atoms with Gasteiger partial charge in [0.2, 0.25) is 0 Å². The molecule has 1 aromatic carbocycles. The molecule has 0 aliphatic carbocycles. The van der Waals surface area contributed by atoms with E-state index in [0.717, 1.165) is 18.2 Å². The molecule has 0 atom stereocenters. The summed E-state index contributed by atoms with van der Waals surface area (Å²) in [6.45, 7) is 0.680. The quantitative estimate of drug-likeness (QED) is 0.782. The highest BCUT2D eigenvalue weighted by atomic mass is 79.9. The first-order valence-electron chi connectivity index (χ1n) is 3.74. The summed E-state index contributed by atoms with van der Waals surface area (Å²) in [4.78, 5) is -0.352. The largest absolute Gasteiger partial charge is 0.270 e. The lowest BCUT2D eigenvalue weighted by molar-refractivity contribution is 0.0172. The molecular weight excluding hydrogens is 314 g/mol. The van der Waals surface area contributed by atoms with Crippen molar-refractivity contribution in [3.63, 3.8) is 0 Å². The molecule has 0 unspecified atom stereocenters. The van der Waals surface area contributed by atoms with Crippen LogP contribution in [0.15, 0.2) is 27.6 Å². The van der Waals surface area contributed by atoms with Gasteiger partial charge in [0, 0.05) is 27.6 Å². The molecule has 0 aromatic heterocycles. The van der Waals surface area contributed by atoms with Gasteiger partial charge in [-0.2, -0.15) is 0 Å². The van der Waals surface area contributed by atoms with Crippen LogP contribution in [0.5, 0.6) is 0 Å². The summed E-state index contributed by atoms with van der Waals surface area (Å²) in [5, 5.41) is 0. The summed E-state index contributed by atoms with van der Waals surface area (Å²) < 4.78 is 48.1. The van der Waals surface area contributed by atoms with Crippen molar-refractivity contribution in [1.82, 2.24) is 0 Å². The summed E-state index contributed by atoms with van der Waals surface area (Å²) in [6.07, 6.45) is 0. The predicted molar refractivity (Wildman–Crippen MR) is 56.7 cm³/mol. The van der Waals surface area contributed by atoms with E-state index in [1.807, 2.05) is 0 Å². The van der Waals surface area contributed by atoms with Crippen LogP contribution in [0.4, 0.5) is 8.78 Å². The van der Waals surface area contributed by atoms with Crippen molar-refractivity contribution in [1.29, 1.82) is 0 Å². The van der Waals surface area contributed by atoms with Gasteiger partial charge in [-0.1, -0.05) is 15.9 Å². The SMILES string of the molecule is CC(F)(F)c1cc(Br)cc(S(=O)(=O)Cl)c1. The van der Waals surface area contributed by atoms with E-state index in [-0.39, 0.29) is 9.37 Å². The smallest absolute Gasteiger partial charge is 0.207 e. The Morgan fingerprint density at radius 1 is 1.33 bits per heavy atom. The molecule has 0 aliphatic heterocycles. The van der Waals surface area contributed by atoms with Gasteiger partial charge < -0.3 is 0 Å². The lowest BCUT2D eigenvalue weighted by atomic mass is 10.1. The van der Waals surface area contributed by atoms with E-state index < -0.39 is 20.5 Å². The lowest BCUT2D eigenvalue weighted by Crippen LogP contribution is -2.08. The number of hydrogen-bond donors (Lipinski definition) is 0. The van der Waals surface area contributed by atoms with Crippen LogP contribution in [-0.4, -0.2) is 8.42 Å². The molecule has 7 heteroatoms. The van der Waals surface area contributed by atoms with Crippen LogP contribution in [0, 0.1) is 0 Å². The van der Waals surface area contributed by atoms with E-state index in [0.29, 0.717) is 6.92 Å². The summed E-state index contributed by atoms with van der Waals surface area (Å²) >= 11 is 2.94. The maximum atomic E-state index is 12.9. The van der Waals surface area contributed by atoms with Crippen molar-refractivity contribution < 1.29 is 17.2 Å². The highest BCUT2D eigenvalue weighted by Crippen LogP contribution is 2.32. The van der Waals surface area contributed by atoms with Gasteiger partial charge in [0.05, 0.1) is 4.90 Å². The molecule has 0 saturated heterocycles. The fourth-order valence-corrected chi connectivity index (χ4v) is 2.40. The van der Waals surface area contributed by atoms with Crippen LogP contribution >= 0.6 is 26.6 Å². The molecule has 15 heavy (non-hydrogen) atoms. The molecule has 84 valence electrons. The van der Waals surface area contributed by atoms with Crippen LogP contribution in [0.1, 0.15) is 12.5 Å². The topological polar surface area (TPSA) is 34.1 Å². The molecule has 2 nitrogen and oxygen atoms in total. The normalized spacial score (nSPS) is 12.9. The number of rotatable bonds is 2. The standard InChI is InChI=1S/C8H6BrClF2O2S/c1-8(11,12)5-2-6(9)4-7(3-5)15(10,13)14/h2-4H,1H3. The van der Waals surface area contributed by atoms with E-state index in [2.05, 4.69) is 15.9 Å². The maximum absolute atomic E-state index is 12.9. The molecule has 0 amide bonds. The maximum Gasteiger partial charge on any atom is 0.270 e. The molecular formula is C8H6BrClF2O2S. The summed E-state index contributed by atoms with van der Waals surface area (Å²) in [5.41, 5.74) is -0.406. The van der Waals surface area contributed by atoms with Crippen molar-refractivity contribution >= 4 is 35.7 Å². The van der Waals surface area contributed by atoms with Gasteiger partial charge in [0.15, 0.2) is 0 Å². The molecule has 0 spiro atoms. The Hall–Kier alpha value is -0.200. The van der Waals surface area contributed by atoms with Crippen LogP contribution < -0.4 is 0 Å². The van der Waals surface area contributed by atoms with Gasteiger partial charge in [0.25, 0.3) is 15.0 Å². The first kappa shape index (κ1) is 12.9. The van der Waals surface area contributed by atoms with E-state index in [1.165, 1.54) is 0 Å².